The van der Waals surface area contributed by atoms with Crippen molar-refractivity contribution in [3.8, 4) is 0 Å². The van der Waals surface area contributed by atoms with Crippen LogP contribution in [-0.2, 0) is 28.6 Å². The van der Waals surface area contributed by atoms with Gasteiger partial charge in [-0.2, -0.15) is 0 Å². The van der Waals surface area contributed by atoms with Crippen LogP contribution in [0.1, 0.15) is 54.4 Å². The van der Waals surface area contributed by atoms with Gasteiger partial charge >= 0.3 is 11.9 Å². The van der Waals surface area contributed by atoms with Crippen molar-refractivity contribution in [2.24, 2.45) is 16.7 Å². The summed E-state index contributed by atoms with van der Waals surface area (Å²) in [6, 6.07) is 0. The topological polar surface area (TPSA) is 160 Å². The second-order valence-corrected chi connectivity index (χ2v) is 11.0. The molecule has 34 heavy (non-hydrogen) atoms. The van der Waals surface area contributed by atoms with E-state index in [9.17, 15) is 34.8 Å². The van der Waals surface area contributed by atoms with Gasteiger partial charge in [-0.3, -0.25) is 14.4 Å². The minimum absolute atomic E-state index is 0.0615. The molecule has 3 aliphatic carbocycles. The van der Waals surface area contributed by atoms with Gasteiger partial charge in [-0.25, -0.2) is 0 Å². The molecule has 0 aromatic rings. The third kappa shape index (κ3) is 2.95. The lowest BCUT2D eigenvalue weighted by Crippen LogP contribution is -2.81. The molecular formula is C24H34O10. The van der Waals surface area contributed by atoms with Crippen LogP contribution in [0.5, 0.6) is 0 Å². The first-order valence-corrected chi connectivity index (χ1v) is 11.6. The molecule has 10 nitrogen and oxygen atoms in total. The molecule has 2 bridgehead atoms. The lowest BCUT2D eigenvalue weighted by atomic mass is 9.44. The van der Waals surface area contributed by atoms with Crippen LogP contribution in [0.2, 0.25) is 0 Å². The normalized spacial score (nSPS) is 47.4. The van der Waals surface area contributed by atoms with Crippen molar-refractivity contribution in [2.45, 2.75) is 96.1 Å². The average molecular weight is 483 g/mol. The lowest BCUT2D eigenvalue weighted by Gasteiger charge is -2.67. The number of aliphatic hydroxyl groups excluding tert-OH is 3. The van der Waals surface area contributed by atoms with Crippen molar-refractivity contribution in [3.05, 3.63) is 11.1 Å². The van der Waals surface area contributed by atoms with E-state index < -0.39 is 76.2 Å². The maximum atomic E-state index is 14.0. The SMILES string of the molecule is CC(=O)O[C@H]1[C@@H]2[C@]3(OC(C)=O)CO[C@@H]3C[C@H](O)[C@@]2(C)C(=O)[C@H](O)C2=C(C)C(O)C[C@]1(O)C2(C)C. The van der Waals surface area contributed by atoms with Gasteiger partial charge in [0.1, 0.15) is 23.9 Å². The molecule has 0 aromatic heterocycles. The molecule has 2 saturated carbocycles. The Kier molecular flexibility index (Phi) is 5.62. The fourth-order valence-electron chi connectivity index (χ4n) is 7.08. The molecule has 1 saturated heterocycles. The summed E-state index contributed by atoms with van der Waals surface area (Å²) < 4.78 is 17.1. The molecule has 10 heteroatoms. The Hall–Kier alpha value is -1.85. The number of aliphatic hydroxyl groups is 4. The van der Waals surface area contributed by atoms with Crippen molar-refractivity contribution < 1.29 is 49.0 Å². The number of ketones is 1. The molecule has 0 radical (unpaired) electrons. The van der Waals surface area contributed by atoms with Gasteiger partial charge in [-0.15, -0.1) is 0 Å². The van der Waals surface area contributed by atoms with Crippen LogP contribution in [0, 0.1) is 16.7 Å². The van der Waals surface area contributed by atoms with E-state index in [0.717, 1.165) is 6.92 Å². The predicted octanol–water partition coefficient (Wildman–Crippen LogP) is -0.212. The van der Waals surface area contributed by atoms with Gasteiger partial charge < -0.3 is 34.6 Å². The lowest BCUT2D eigenvalue weighted by molar-refractivity contribution is -0.347. The van der Waals surface area contributed by atoms with Crippen LogP contribution in [0.4, 0.5) is 0 Å². The molecule has 4 rings (SSSR count). The first-order chi connectivity index (χ1) is 15.6. The molecule has 4 N–H and O–H groups in total. The number of hydrogen-bond acceptors (Lipinski definition) is 10. The number of hydrogen-bond donors (Lipinski definition) is 4. The van der Waals surface area contributed by atoms with Crippen molar-refractivity contribution in [1.82, 2.24) is 0 Å². The second-order valence-electron chi connectivity index (χ2n) is 11.0. The number of carbonyl (C=O) groups excluding carboxylic acids is 3. The smallest absolute Gasteiger partial charge is 0.303 e. The predicted molar refractivity (Wildman–Crippen MR) is 115 cm³/mol. The Bertz CT molecular complexity index is 971. The molecule has 1 aliphatic heterocycles. The monoisotopic (exact) mass is 482 g/mol. The zero-order chi connectivity index (χ0) is 25.6. The Balaban J connectivity index is 2.08. The van der Waals surface area contributed by atoms with E-state index in [-0.39, 0.29) is 25.0 Å². The van der Waals surface area contributed by atoms with E-state index in [1.54, 1.807) is 20.8 Å². The highest BCUT2D eigenvalue weighted by molar-refractivity contribution is 5.93. The quantitative estimate of drug-likeness (QED) is 0.306. The van der Waals surface area contributed by atoms with E-state index in [1.165, 1.54) is 13.8 Å². The molecule has 3 fully saturated rings. The fraction of sp³-hybridized carbons (Fsp3) is 0.792. The highest BCUT2D eigenvalue weighted by Gasteiger charge is 2.77. The maximum Gasteiger partial charge on any atom is 0.303 e. The number of carbonyl (C=O) groups is 3. The number of Topliss-reactive ketones (excluding diaryl/α,β-unsaturated/α-hetero) is 1. The number of esters is 2. The Labute approximate surface area is 197 Å². The summed E-state index contributed by atoms with van der Waals surface area (Å²) in [6.07, 6.45) is -6.98. The van der Waals surface area contributed by atoms with Crippen molar-refractivity contribution >= 4 is 17.7 Å². The summed E-state index contributed by atoms with van der Waals surface area (Å²) in [5.41, 5.74) is -6.16. The summed E-state index contributed by atoms with van der Waals surface area (Å²) in [4.78, 5) is 38.6. The average Bonchev–Trinajstić information content (AvgIpc) is 2.70. The zero-order valence-electron chi connectivity index (χ0n) is 20.3. The van der Waals surface area contributed by atoms with Crippen molar-refractivity contribution in [1.29, 1.82) is 0 Å². The van der Waals surface area contributed by atoms with Crippen molar-refractivity contribution in [3.63, 3.8) is 0 Å². The molecule has 1 heterocycles. The molecular weight excluding hydrogens is 448 g/mol. The standard InChI is InChI=1S/C24H34O10/c1-10-13(27)8-24(31)20(33-11(2)25)18-22(6,19(30)17(29)16(10)21(24,4)5)14(28)7-15-23(18,9-32-15)34-12(3)26/h13-15,17-18,20,27-29,31H,7-9H2,1-6H3/t13?,14-,15+,17+,18-,20-,22+,23-,24+/m0/s1. The van der Waals surface area contributed by atoms with Crippen LogP contribution in [-0.4, -0.2) is 86.5 Å². The van der Waals surface area contributed by atoms with Gasteiger partial charge in [-0.1, -0.05) is 13.8 Å². The summed E-state index contributed by atoms with van der Waals surface area (Å²) in [7, 11) is 0. The highest BCUT2D eigenvalue weighted by Crippen LogP contribution is 2.63. The van der Waals surface area contributed by atoms with Crippen LogP contribution < -0.4 is 0 Å². The molecule has 190 valence electrons. The minimum Gasteiger partial charge on any atom is -0.459 e. The number of ether oxygens (including phenoxy) is 3. The Morgan fingerprint density at radius 1 is 1.09 bits per heavy atom. The van der Waals surface area contributed by atoms with E-state index in [4.69, 9.17) is 14.2 Å². The van der Waals surface area contributed by atoms with Crippen molar-refractivity contribution in [2.75, 3.05) is 6.61 Å². The molecule has 9 atom stereocenters. The summed E-state index contributed by atoms with van der Waals surface area (Å²) >= 11 is 0. The number of rotatable bonds is 2. The first kappa shape index (κ1) is 25.2. The van der Waals surface area contributed by atoms with Crippen LogP contribution in [0.3, 0.4) is 0 Å². The minimum atomic E-state index is -2.00. The third-order valence-electron chi connectivity index (χ3n) is 8.99. The summed E-state index contributed by atoms with van der Waals surface area (Å²) in [5.74, 6) is -3.47. The molecule has 0 spiro atoms. The Morgan fingerprint density at radius 2 is 1.71 bits per heavy atom. The molecule has 1 unspecified atom stereocenters. The largest absolute Gasteiger partial charge is 0.459 e. The molecule has 4 aliphatic rings. The van der Waals surface area contributed by atoms with Crippen LogP contribution in [0.25, 0.3) is 0 Å². The second kappa shape index (κ2) is 7.57. The van der Waals surface area contributed by atoms with E-state index in [1.807, 2.05) is 0 Å². The fourth-order valence-corrected chi connectivity index (χ4v) is 7.08. The van der Waals surface area contributed by atoms with E-state index in [2.05, 4.69) is 0 Å². The third-order valence-corrected chi connectivity index (χ3v) is 8.99. The number of fused-ring (bicyclic) bond motifs is 5. The van der Waals surface area contributed by atoms with Gasteiger partial charge in [-0.05, 0) is 25.0 Å². The zero-order valence-corrected chi connectivity index (χ0v) is 20.3. The molecule has 0 amide bonds. The highest BCUT2D eigenvalue weighted by atomic mass is 16.6. The maximum absolute atomic E-state index is 14.0. The van der Waals surface area contributed by atoms with Crippen LogP contribution >= 0.6 is 0 Å². The van der Waals surface area contributed by atoms with Gasteiger partial charge in [0.25, 0.3) is 0 Å². The first-order valence-electron chi connectivity index (χ1n) is 11.6. The summed E-state index contributed by atoms with van der Waals surface area (Å²) in [6.45, 7) is 8.43. The van der Waals surface area contributed by atoms with E-state index in [0.29, 0.717) is 5.57 Å². The summed E-state index contributed by atoms with van der Waals surface area (Å²) in [5, 5.41) is 45.8. The van der Waals surface area contributed by atoms with Gasteiger partial charge in [0.15, 0.2) is 11.4 Å². The van der Waals surface area contributed by atoms with Crippen LogP contribution in [0.15, 0.2) is 11.1 Å². The van der Waals surface area contributed by atoms with Gasteiger partial charge in [0, 0.05) is 32.1 Å². The van der Waals surface area contributed by atoms with Gasteiger partial charge in [0.2, 0.25) is 0 Å². The van der Waals surface area contributed by atoms with E-state index >= 15 is 0 Å². The Morgan fingerprint density at radius 3 is 2.21 bits per heavy atom. The molecule has 0 aromatic carbocycles. The van der Waals surface area contributed by atoms with Gasteiger partial charge in [0.05, 0.1) is 30.1 Å².